The molecule has 1 saturated heterocycles. The summed E-state index contributed by atoms with van der Waals surface area (Å²) in [6.07, 6.45) is 3.92. The first kappa shape index (κ1) is 17.2. The highest BCUT2D eigenvalue weighted by Crippen LogP contribution is 2.28. The molecule has 1 atom stereocenters. The van der Waals surface area contributed by atoms with Crippen molar-refractivity contribution in [1.29, 1.82) is 0 Å². The maximum atomic E-state index is 12.2. The van der Waals surface area contributed by atoms with Gasteiger partial charge in [0.1, 0.15) is 0 Å². The molecule has 5 nitrogen and oxygen atoms in total. The van der Waals surface area contributed by atoms with E-state index in [2.05, 4.69) is 5.32 Å². The third kappa shape index (κ3) is 3.44. The highest BCUT2D eigenvalue weighted by molar-refractivity contribution is 5.88. The number of hydrogen-bond acceptors (Lipinski definition) is 3. The summed E-state index contributed by atoms with van der Waals surface area (Å²) in [4.78, 5) is 26.0. The van der Waals surface area contributed by atoms with Gasteiger partial charge in [-0.05, 0) is 33.6 Å². The minimum absolute atomic E-state index is 0. The molecule has 2 aliphatic rings. The number of nitrogens with two attached hydrogens (primary N) is 1. The van der Waals surface area contributed by atoms with Crippen LogP contribution in [-0.4, -0.2) is 40.4 Å². The number of hydrogen-bond donors (Lipinski definition) is 2. The molecule has 2 fully saturated rings. The Kier molecular flexibility index (Phi) is 5.08. The predicted octanol–water partition coefficient (Wildman–Crippen LogP) is 1.20. The van der Waals surface area contributed by atoms with Crippen molar-refractivity contribution in [3.05, 3.63) is 0 Å². The fourth-order valence-corrected chi connectivity index (χ4v) is 3.01. The van der Waals surface area contributed by atoms with Crippen molar-refractivity contribution in [2.45, 2.75) is 70.0 Å². The van der Waals surface area contributed by atoms with Crippen LogP contribution in [0.2, 0.25) is 0 Å². The Hall–Kier alpha value is -0.810. The average Bonchev–Trinajstić information content (AvgIpc) is 2.85. The van der Waals surface area contributed by atoms with Crippen molar-refractivity contribution >= 4 is 24.2 Å². The number of likely N-dealkylation sites (tertiary alicyclic amines) is 1. The van der Waals surface area contributed by atoms with Gasteiger partial charge in [-0.1, -0.05) is 12.8 Å². The Morgan fingerprint density at radius 2 is 1.90 bits per heavy atom. The SMILES string of the molecule is CC(C)(C)N1CC(NC(=O)C2(N)CCCC2)CC1=O.Cl. The second-order valence-electron chi connectivity index (χ2n) is 6.91. The average molecular weight is 304 g/mol. The molecular formula is C14H26ClN3O2. The summed E-state index contributed by atoms with van der Waals surface area (Å²) < 4.78 is 0. The van der Waals surface area contributed by atoms with E-state index in [0.717, 1.165) is 25.7 Å². The van der Waals surface area contributed by atoms with Crippen molar-refractivity contribution < 1.29 is 9.59 Å². The van der Waals surface area contributed by atoms with Crippen LogP contribution in [0.1, 0.15) is 52.9 Å². The lowest BCUT2D eigenvalue weighted by Gasteiger charge is -2.32. The zero-order valence-electron chi connectivity index (χ0n) is 12.6. The van der Waals surface area contributed by atoms with E-state index in [0.29, 0.717) is 13.0 Å². The maximum Gasteiger partial charge on any atom is 0.240 e. The van der Waals surface area contributed by atoms with Crippen molar-refractivity contribution in [3.8, 4) is 0 Å². The predicted molar refractivity (Wildman–Crippen MR) is 80.6 cm³/mol. The molecule has 2 rings (SSSR count). The number of carbonyl (C=O) groups excluding carboxylic acids is 2. The number of amides is 2. The fourth-order valence-electron chi connectivity index (χ4n) is 3.01. The van der Waals surface area contributed by atoms with E-state index in [1.165, 1.54) is 0 Å². The Bertz CT molecular complexity index is 386. The van der Waals surface area contributed by atoms with Gasteiger partial charge in [0, 0.05) is 18.5 Å². The van der Waals surface area contributed by atoms with Crippen molar-refractivity contribution in [3.63, 3.8) is 0 Å². The van der Waals surface area contributed by atoms with E-state index in [4.69, 9.17) is 5.73 Å². The van der Waals surface area contributed by atoms with Gasteiger partial charge >= 0.3 is 0 Å². The van der Waals surface area contributed by atoms with E-state index in [1.807, 2.05) is 25.7 Å². The van der Waals surface area contributed by atoms with E-state index >= 15 is 0 Å². The topological polar surface area (TPSA) is 75.4 Å². The molecular weight excluding hydrogens is 278 g/mol. The van der Waals surface area contributed by atoms with Gasteiger partial charge in [-0.15, -0.1) is 12.4 Å². The minimum atomic E-state index is -0.710. The highest BCUT2D eigenvalue weighted by atomic mass is 35.5. The molecule has 1 saturated carbocycles. The van der Waals surface area contributed by atoms with Gasteiger partial charge in [0.05, 0.1) is 11.6 Å². The summed E-state index contributed by atoms with van der Waals surface area (Å²) >= 11 is 0. The second-order valence-corrected chi connectivity index (χ2v) is 6.91. The highest BCUT2D eigenvalue weighted by Gasteiger charge is 2.41. The number of nitrogens with zero attached hydrogens (tertiary/aromatic N) is 1. The molecule has 0 spiro atoms. The summed E-state index contributed by atoms with van der Waals surface area (Å²) in [7, 11) is 0. The largest absolute Gasteiger partial charge is 0.349 e. The quantitative estimate of drug-likeness (QED) is 0.805. The van der Waals surface area contributed by atoms with Crippen LogP contribution in [0.15, 0.2) is 0 Å². The first-order chi connectivity index (χ1) is 8.72. The summed E-state index contributed by atoms with van der Waals surface area (Å²) in [6.45, 7) is 6.62. The van der Waals surface area contributed by atoms with Gasteiger partial charge < -0.3 is 16.0 Å². The van der Waals surface area contributed by atoms with Crippen LogP contribution < -0.4 is 11.1 Å². The second kappa shape index (κ2) is 5.90. The third-order valence-electron chi connectivity index (χ3n) is 4.22. The molecule has 6 heteroatoms. The normalized spacial score (nSPS) is 25.5. The molecule has 1 aliphatic heterocycles. The van der Waals surface area contributed by atoms with E-state index in [1.54, 1.807) is 0 Å². The molecule has 116 valence electrons. The molecule has 0 aromatic carbocycles. The zero-order chi connectivity index (χ0) is 14.3. The van der Waals surface area contributed by atoms with Crippen molar-refractivity contribution in [2.24, 2.45) is 5.73 Å². The molecule has 0 radical (unpaired) electrons. The fraction of sp³-hybridized carbons (Fsp3) is 0.857. The van der Waals surface area contributed by atoms with Crippen LogP contribution in [0, 0.1) is 0 Å². The molecule has 1 heterocycles. The van der Waals surface area contributed by atoms with Gasteiger partial charge in [-0.3, -0.25) is 9.59 Å². The smallest absolute Gasteiger partial charge is 0.240 e. The molecule has 1 unspecified atom stereocenters. The molecule has 1 aliphatic carbocycles. The molecule has 0 aromatic rings. The zero-order valence-corrected chi connectivity index (χ0v) is 13.4. The van der Waals surface area contributed by atoms with E-state index < -0.39 is 5.54 Å². The van der Waals surface area contributed by atoms with Gasteiger partial charge in [-0.2, -0.15) is 0 Å². The lowest BCUT2D eigenvalue weighted by molar-refractivity contribution is -0.131. The molecule has 0 bridgehead atoms. The van der Waals surface area contributed by atoms with Crippen LogP contribution in [0.5, 0.6) is 0 Å². The Morgan fingerprint density at radius 1 is 1.35 bits per heavy atom. The molecule has 3 N–H and O–H groups in total. The molecule has 20 heavy (non-hydrogen) atoms. The maximum absolute atomic E-state index is 12.2. The van der Waals surface area contributed by atoms with Crippen LogP contribution in [0.25, 0.3) is 0 Å². The Balaban J connectivity index is 0.00000200. The summed E-state index contributed by atoms with van der Waals surface area (Å²) in [6, 6.07) is -0.0970. The standard InChI is InChI=1S/C14H25N3O2.ClH/c1-13(2,3)17-9-10(8-11(17)18)16-12(19)14(15)6-4-5-7-14;/h10H,4-9,15H2,1-3H3,(H,16,19);1H. The van der Waals surface area contributed by atoms with Gasteiger partial charge in [0.2, 0.25) is 11.8 Å². The van der Waals surface area contributed by atoms with Gasteiger partial charge in [-0.25, -0.2) is 0 Å². The number of nitrogens with one attached hydrogen (secondary N) is 1. The summed E-state index contributed by atoms with van der Waals surface area (Å²) in [5.74, 6) is 0.0221. The Morgan fingerprint density at radius 3 is 2.35 bits per heavy atom. The monoisotopic (exact) mass is 303 g/mol. The van der Waals surface area contributed by atoms with Crippen molar-refractivity contribution in [2.75, 3.05) is 6.54 Å². The van der Waals surface area contributed by atoms with Crippen molar-refractivity contribution in [1.82, 2.24) is 10.2 Å². The lowest BCUT2D eigenvalue weighted by Crippen LogP contribution is -2.55. The van der Waals surface area contributed by atoms with Gasteiger partial charge in [0.25, 0.3) is 0 Å². The Labute approximate surface area is 127 Å². The van der Waals surface area contributed by atoms with Crippen LogP contribution in [0.4, 0.5) is 0 Å². The summed E-state index contributed by atoms with van der Waals surface area (Å²) in [5.41, 5.74) is 5.22. The lowest BCUT2D eigenvalue weighted by atomic mass is 9.97. The first-order valence-electron chi connectivity index (χ1n) is 7.13. The van der Waals surface area contributed by atoms with Gasteiger partial charge in [0.15, 0.2) is 0 Å². The molecule has 2 amide bonds. The first-order valence-corrected chi connectivity index (χ1v) is 7.13. The van der Waals surface area contributed by atoms with E-state index in [9.17, 15) is 9.59 Å². The third-order valence-corrected chi connectivity index (χ3v) is 4.22. The van der Waals surface area contributed by atoms with Crippen LogP contribution >= 0.6 is 12.4 Å². The molecule has 0 aromatic heterocycles. The van der Waals surface area contributed by atoms with Crippen LogP contribution in [0.3, 0.4) is 0 Å². The number of halogens is 1. The van der Waals surface area contributed by atoms with Crippen LogP contribution in [-0.2, 0) is 9.59 Å². The summed E-state index contributed by atoms with van der Waals surface area (Å²) in [5, 5.41) is 2.97. The number of carbonyl (C=O) groups is 2. The van der Waals surface area contributed by atoms with E-state index in [-0.39, 0.29) is 35.8 Å². The number of rotatable bonds is 2. The minimum Gasteiger partial charge on any atom is -0.349 e.